The Kier molecular flexibility index (Phi) is 3.00. The van der Waals surface area contributed by atoms with Gasteiger partial charge >= 0.3 is 0 Å². The third-order valence-electron chi connectivity index (χ3n) is 4.29. The number of benzene rings is 2. The van der Waals surface area contributed by atoms with Crippen LogP contribution in [0.25, 0.3) is 17.0 Å². The number of rotatable bonds is 2. The molecule has 0 bridgehead atoms. The van der Waals surface area contributed by atoms with Gasteiger partial charge in [0.25, 0.3) is 0 Å². The Labute approximate surface area is 133 Å². The van der Waals surface area contributed by atoms with Gasteiger partial charge in [-0.3, -0.25) is 0 Å². The molecule has 2 aromatic carbocycles. The molecule has 2 heteroatoms. The van der Waals surface area contributed by atoms with E-state index in [4.69, 9.17) is 0 Å². The summed E-state index contributed by atoms with van der Waals surface area (Å²) in [4.78, 5) is 0. The molecule has 0 spiro atoms. The van der Waals surface area contributed by atoms with Crippen LogP contribution in [0, 0.1) is 0 Å². The predicted octanol–water partition coefficient (Wildman–Crippen LogP) is 5.12. The number of hydrogen-bond acceptors (Lipinski definition) is 0. The van der Waals surface area contributed by atoms with Crippen LogP contribution in [-0.4, -0.2) is 4.57 Å². The lowest BCUT2D eigenvalue weighted by molar-refractivity contribution is 0.953. The molecule has 0 radical (unpaired) electrons. The van der Waals surface area contributed by atoms with Gasteiger partial charge in [-0.2, -0.15) is 0 Å². The monoisotopic (exact) mass is 337 g/mol. The van der Waals surface area contributed by atoms with E-state index in [-0.39, 0.29) is 0 Å². The van der Waals surface area contributed by atoms with Crippen molar-refractivity contribution < 1.29 is 0 Å². The highest BCUT2D eigenvalue weighted by atomic mass is 79.9. The minimum atomic E-state index is 1.02. The van der Waals surface area contributed by atoms with E-state index >= 15 is 0 Å². The van der Waals surface area contributed by atoms with Gasteiger partial charge in [-0.1, -0.05) is 57.9 Å². The number of nitrogens with zero attached hydrogens (tertiary/aromatic N) is 1. The maximum atomic E-state index is 3.71. The molecule has 0 N–H and O–H groups in total. The van der Waals surface area contributed by atoms with E-state index in [1.165, 1.54) is 37.6 Å². The normalized spacial score (nSPS) is 13.5. The van der Waals surface area contributed by atoms with E-state index in [2.05, 4.69) is 82.3 Å². The lowest BCUT2D eigenvalue weighted by Gasteiger charge is -2.03. The smallest absolute Gasteiger partial charge is 0.0492 e. The van der Waals surface area contributed by atoms with Gasteiger partial charge in [-0.15, -0.1) is 0 Å². The number of halogens is 1. The Morgan fingerprint density at radius 1 is 1.10 bits per heavy atom. The fraction of sp³-hybridized carbons (Fsp3) is 0.158. The Balaban J connectivity index is 1.74. The first kappa shape index (κ1) is 12.9. The van der Waals surface area contributed by atoms with E-state index in [9.17, 15) is 0 Å². The zero-order chi connectivity index (χ0) is 14.4. The summed E-state index contributed by atoms with van der Waals surface area (Å²) in [5.41, 5.74) is 7.02. The lowest BCUT2D eigenvalue weighted by atomic mass is 10.0. The minimum absolute atomic E-state index is 1.02. The van der Waals surface area contributed by atoms with Crippen molar-refractivity contribution >= 4 is 32.9 Å². The molecular weight excluding hydrogens is 322 g/mol. The second-order valence-electron chi connectivity index (χ2n) is 5.75. The third kappa shape index (κ3) is 2.14. The summed E-state index contributed by atoms with van der Waals surface area (Å²) < 4.78 is 3.41. The molecule has 0 saturated carbocycles. The van der Waals surface area contributed by atoms with Crippen molar-refractivity contribution in [3.05, 3.63) is 75.4 Å². The van der Waals surface area contributed by atoms with Crippen LogP contribution in [0.1, 0.15) is 16.7 Å². The first-order valence-electron chi connectivity index (χ1n) is 7.22. The second kappa shape index (κ2) is 4.88. The highest BCUT2D eigenvalue weighted by molar-refractivity contribution is 9.10. The molecule has 4 rings (SSSR count). The van der Waals surface area contributed by atoms with E-state index in [0.29, 0.717) is 0 Å². The SMILES string of the molecule is Cn1cc(CC2=Cc3ccccc3C2)c2c(Br)cccc21. The molecule has 1 aliphatic rings. The molecule has 21 heavy (non-hydrogen) atoms. The largest absolute Gasteiger partial charge is 0.350 e. The average molecular weight is 338 g/mol. The Bertz CT molecular complexity index is 870. The zero-order valence-electron chi connectivity index (χ0n) is 11.9. The Hall–Kier alpha value is -1.80. The molecule has 3 aromatic rings. The topological polar surface area (TPSA) is 4.93 Å². The molecule has 0 atom stereocenters. The molecule has 104 valence electrons. The summed E-state index contributed by atoms with van der Waals surface area (Å²) in [5, 5.41) is 1.34. The van der Waals surface area contributed by atoms with Gasteiger partial charge < -0.3 is 4.57 Å². The summed E-state index contributed by atoms with van der Waals surface area (Å²) in [6.45, 7) is 0. The van der Waals surface area contributed by atoms with Crippen LogP contribution >= 0.6 is 15.9 Å². The molecule has 1 nitrogen and oxygen atoms in total. The van der Waals surface area contributed by atoms with Crippen LogP contribution in [0.3, 0.4) is 0 Å². The van der Waals surface area contributed by atoms with E-state index < -0.39 is 0 Å². The molecule has 0 saturated heterocycles. The summed E-state index contributed by atoms with van der Waals surface area (Å²) in [6.07, 6.45) is 6.72. The van der Waals surface area contributed by atoms with Crippen molar-refractivity contribution in [2.75, 3.05) is 0 Å². The number of aryl methyl sites for hydroxylation is 1. The van der Waals surface area contributed by atoms with Crippen LogP contribution in [0.4, 0.5) is 0 Å². The van der Waals surface area contributed by atoms with Crippen molar-refractivity contribution in [1.29, 1.82) is 0 Å². The number of aromatic nitrogens is 1. The highest BCUT2D eigenvalue weighted by Gasteiger charge is 2.15. The van der Waals surface area contributed by atoms with Gasteiger partial charge in [0.15, 0.2) is 0 Å². The number of fused-ring (bicyclic) bond motifs is 2. The zero-order valence-corrected chi connectivity index (χ0v) is 13.5. The predicted molar refractivity (Wildman–Crippen MR) is 92.4 cm³/mol. The molecule has 1 aliphatic carbocycles. The molecular formula is C19H16BrN. The van der Waals surface area contributed by atoms with Gasteiger partial charge in [0.1, 0.15) is 0 Å². The maximum absolute atomic E-state index is 3.71. The number of allylic oxidation sites excluding steroid dienone is 1. The Morgan fingerprint density at radius 3 is 2.81 bits per heavy atom. The van der Waals surface area contributed by atoms with E-state index in [0.717, 1.165) is 12.8 Å². The fourth-order valence-corrected chi connectivity index (χ4v) is 3.95. The summed E-state index contributed by atoms with van der Waals surface area (Å²) in [6, 6.07) is 15.1. The second-order valence-corrected chi connectivity index (χ2v) is 6.61. The van der Waals surface area contributed by atoms with E-state index in [1.54, 1.807) is 0 Å². The van der Waals surface area contributed by atoms with Crippen LogP contribution in [0.2, 0.25) is 0 Å². The first-order chi connectivity index (χ1) is 10.2. The molecule has 0 fully saturated rings. The van der Waals surface area contributed by atoms with Gasteiger partial charge in [0.05, 0.1) is 0 Å². The number of hydrogen-bond donors (Lipinski definition) is 0. The summed E-state index contributed by atoms with van der Waals surface area (Å²) >= 11 is 3.71. The average Bonchev–Trinajstić information content (AvgIpc) is 3.01. The molecule has 1 aromatic heterocycles. The van der Waals surface area contributed by atoms with Gasteiger partial charge in [-0.25, -0.2) is 0 Å². The first-order valence-corrected chi connectivity index (χ1v) is 8.01. The fourth-order valence-electron chi connectivity index (χ4n) is 3.34. The third-order valence-corrected chi connectivity index (χ3v) is 4.95. The Morgan fingerprint density at radius 2 is 1.95 bits per heavy atom. The van der Waals surface area contributed by atoms with Crippen molar-refractivity contribution in [2.24, 2.45) is 7.05 Å². The van der Waals surface area contributed by atoms with Crippen LogP contribution < -0.4 is 0 Å². The van der Waals surface area contributed by atoms with Crippen molar-refractivity contribution in [2.45, 2.75) is 12.8 Å². The molecule has 0 unspecified atom stereocenters. The van der Waals surface area contributed by atoms with Crippen molar-refractivity contribution in [3.63, 3.8) is 0 Å². The van der Waals surface area contributed by atoms with Gasteiger partial charge in [0, 0.05) is 28.6 Å². The summed E-state index contributed by atoms with van der Waals surface area (Å²) in [5.74, 6) is 0. The van der Waals surface area contributed by atoms with Crippen LogP contribution in [0.5, 0.6) is 0 Å². The van der Waals surface area contributed by atoms with E-state index in [1.807, 2.05) is 0 Å². The molecule has 1 heterocycles. The van der Waals surface area contributed by atoms with Crippen molar-refractivity contribution in [3.8, 4) is 0 Å². The maximum Gasteiger partial charge on any atom is 0.0492 e. The van der Waals surface area contributed by atoms with Gasteiger partial charge in [-0.05, 0) is 41.7 Å². The van der Waals surface area contributed by atoms with Crippen molar-refractivity contribution in [1.82, 2.24) is 4.57 Å². The lowest BCUT2D eigenvalue weighted by Crippen LogP contribution is -1.90. The molecule has 0 aliphatic heterocycles. The standard InChI is InChI=1S/C19H16BrN/c1-21-12-16(19-17(20)7-4-8-18(19)21)11-13-9-14-5-2-3-6-15(14)10-13/h2-9,12H,10-11H2,1H3. The highest BCUT2D eigenvalue weighted by Crippen LogP contribution is 2.33. The minimum Gasteiger partial charge on any atom is -0.350 e. The van der Waals surface area contributed by atoms with Crippen LogP contribution in [-0.2, 0) is 19.9 Å². The quantitative estimate of drug-likeness (QED) is 0.611. The molecule has 0 amide bonds. The van der Waals surface area contributed by atoms with Crippen LogP contribution in [0.15, 0.2) is 58.7 Å². The van der Waals surface area contributed by atoms with Gasteiger partial charge in [0.2, 0.25) is 0 Å². The summed E-state index contributed by atoms with van der Waals surface area (Å²) in [7, 11) is 2.12.